The summed E-state index contributed by atoms with van der Waals surface area (Å²) in [5.74, 6) is 0.241. The summed E-state index contributed by atoms with van der Waals surface area (Å²) >= 11 is 0. The van der Waals surface area contributed by atoms with Gasteiger partial charge in [0.2, 0.25) is 0 Å². The molecule has 2 N–H and O–H groups in total. The van der Waals surface area contributed by atoms with Crippen LogP contribution in [-0.2, 0) is 13.1 Å². The van der Waals surface area contributed by atoms with Crippen LogP contribution in [0.2, 0.25) is 0 Å². The Labute approximate surface area is 114 Å². The molecule has 0 bridgehead atoms. The van der Waals surface area contributed by atoms with Crippen LogP contribution in [0.4, 0.5) is 5.82 Å². The second-order valence-corrected chi connectivity index (χ2v) is 4.83. The summed E-state index contributed by atoms with van der Waals surface area (Å²) in [7, 11) is 0. The Bertz CT molecular complexity index is 752. The number of aromatic nitrogens is 2. The lowest BCUT2D eigenvalue weighted by atomic mass is 10.1. The molecule has 2 aromatic rings. The Kier molecular flexibility index (Phi) is 2.78. The summed E-state index contributed by atoms with van der Waals surface area (Å²) < 4.78 is 0. The van der Waals surface area contributed by atoms with Gasteiger partial charge in [0, 0.05) is 19.2 Å². The molecule has 1 aromatic heterocycles. The van der Waals surface area contributed by atoms with Crippen molar-refractivity contribution in [1.82, 2.24) is 9.97 Å². The van der Waals surface area contributed by atoms with E-state index < -0.39 is 5.97 Å². The van der Waals surface area contributed by atoms with E-state index in [1.165, 1.54) is 6.07 Å². The molecule has 1 aliphatic rings. The molecule has 20 heavy (non-hydrogen) atoms. The van der Waals surface area contributed by atoms with Crippen molar-refractivity contribution >= 4 is 11.8 Å². The van der Waals surface area contributed by atoms with Gasteiger partial charge in [0.1, 0.15) is 11.6 Å². The second kappa shape index (κ2) is 4.48. The van der Waals surface area contributed by atoms with E-state index in [2.05, 4.69) is 9.97 Å². The zero-order valence-electron chi connectivity index (χ0n) is 10.9. The molecule has 0 fully saturated rings. The fraction of sp³-hybridized carbons (Fsp3) is 0.214. The van der Waals surface area contributed by atoms with Gasteiger partial charge in [-0.3, -0.25) is 4.79 Å². The first-order valence-electron chi connectivity index (χ1n) is 6.21. The van der Waals surface area contributed by atoms with Gasteiger partial charge in [0.15, 0.2) is 0 Å². The first kappa shape index (κ1) is 12.4. The van der Waals surface area contributed by atoms with E-state index in [1.807, 2.05) is 11.0 Å². The number of H-pyrrole nitrogens is 1. The van der Waals surface area contributed by atoms with Crippen LogP contribution in [0.25, 0.3) is 0 Å². The summed E-state index contributed by atoms with van der Waals surface area (Å²) in [6.07, 6.45) is 0. The zero-order chi connectivity index (χ0) is 14.3. The molecular weight excluding hydrogens is 258 g/mol. The third kappa shape index (κ3) is 2.16. The molecule has 2 heterocycles. The molecule has 0 amide bonds. The van der Waals surface area contributed by atoms with Gasteiger partial charge in [-0.15, -0.1) is 0 Å². The Hall–Kier alpha value is -2.63. The lowest BCUT2D eigenvalue weighted by Crippen LogP contribution is -2.20. The zero-order valence-corrected chi connectivity index (χ0v) is 10.9. The van der Waals surface area contributed by atoms with E-state index in [0.717, 1.165) is 11.1 Å². The first-order chi connectivity index (χ1) is 9.52. The van der Waals surface area contributed by atoms with Crippen LogP contribution >= 0.6 is 0 Å². The van der Waals surface area contributed by atoms with Gasteiger partial charge in [-0.2, -0.15) is 0 Å². The maximum Gasteiger partial charge on any atom is 0.335 e. The SMILES string of the molecule is Cc1nc(N2Cc3ccc(C(=O)O)cc3C2)cc(=O)[nH]1. The fourth-order valence-electron chi connectivity index (χ4n) is 2.42. The standard InChI is InChI=1S/C14H13N3O3/c1-8-15-12(5-13(18)16-8)17-6-10-3-2-9(14(19)20)4-11(10)7-17/h2-5H,6-7H2,1H3,(H,19,20)(H,15,16,18). The fourth-order valence-corrected chi connectivity index (χ4v) is 2.42. The van der Waals surface area contributed by atoms with Gasteiger partial charge in [0.25, 0.3) is 5.56 Å². The van der Waals surface area contributed by atoms with Gasteiger partial charge in [-0.1, -0.05) is 6.07 Å². The van der Waals surface area contributed by atoms with Crippen LogP contribution in [0.15, 0.2) is 29.1 Å². The predicted molar refractivity (Wildman–Crippen MR) is 72.9 cm³/mol. The van der Waals surface area contributed by atoms with Crippen molar-refractivity contribution < 1.29 is 9.90 Å². The van der Waals surface area contributed by atoms with Crippen molar-refractivity contribution in [3.05, 3.63) is 57.1 Å². The number of rotatable bonds is 2. The van der Waals surface area contributed by atoms with Gasteiger partial charge in [-0.25, -0.2) is 9.78 Å². The van der Waals surface area contributed by atoms with Crippen molar-refractivity contribution in [3.8, 4) is 0 Å². The molecule has 0 spiro atoms. The van der Waals surface area contributed by atoms with Crippen molar-refractivity contribution in [2.24, 2.45) is 0 Å². The minimum Gasteiger partial charge on any atom is -0.478 e. The number of aryl methyl sites for hydroxylation is 1. The third-order valence-electron chi connectivity index (χ3n) is 3.35. The minimum absolute atomic E-state index is 0.185. The van der Waals surface area contributed by atoms with Crippen LogP contribution in [0.3, 0.4) is 0 Å². The molecular formula is C14H13N3O3. The molecule has 0 saturated heterocycles. The van der Waals surface area contributed by atoms with E-state index in [4.69, 9.17) is 5.11 Å². The highest BCUT2D eigenvalue weighted by Crippen LogP contribution is 2.27. The molecule has 0 aliphatic carbocycles. The molecule has 3 rings (SSSR count). The summed E-state index contributed by atoms with van der Waals surface area (Å²) in [5.41, 5.74) is 2.12. The highest BCUT2D eigenvalue weighted by molar-refractivity contribution is 5.88. The van der Waals surface area contributed by atoms with Crippen molar-refractivity contribution in [3.63, 3.8) is 0 Å². The molecule has 102 valence electrons. The van der Waals surface area contributed by atoms with Crippen LogP contribution in [0, 0.1) is 6.92 Å². The van der Waals surface area contributed by atoms with Gasteiger partial charge >= 0.3 is 5.97 Å². The summed E-state index contributed by atoms with van der Waals surface area (Å²) in [4.78, 5) is 31.3. The highest BCUT2D eigenvalue weighted by Gasteiger charge is 2.21. The Morgan fingerprint density at radius 2 is 2.05 bits per heavy atom. The van der Waals surface area contributed by atoms with Crippen molar-refractivity contribution in [2.45, 2.75) is 20.0 Å². The largest absolute Gasteiger partial charge is 0.478 e. The predicted octanol–water partition coefficient (Wildman–Crippen LogP) is 1.30. The number of carboxylic acids is 1. The number of hydrogen-bond acceptors (Lipinski definition) is 4. The maximum atomic E-state index is 11.5. The molecule has 0 atom stereocenters. The Balaban J connectivity index is 1.93. The van der Waals surface area contributed by atoms with E-state index in [-0.39, 0.29) is 11.1 Å². The summed E-state index contributed by atoms with van der Waals surface area (Å²) in [5, 5.41) is 9.00. The number of nitrogens with one attached hydrogen (secondary N) is 1. The average molecular weight is 271 g/mol. The van der Waals surface area contributed by atoms with E-state index >= 15 is 0 Å². The smallest absolute Gasteiger partial charge is 0.335 e. The quantitative estimate of drug-likeness (QED) is 0.859. The van der Waals surface area contributed by atoms with Gasteiger partial charge in [0.05, 0.1) is 5.56 Å². The van der Waals surface area contributed by atoms with E-state index in [0.29, 0.717) is 24.7 Å². The van der Waals surface area contributed by atoms with Crippen LogP contribution in [0.5, 0.6) is 0 Å². The van der Waals surface area contributed by atoms with Crippen molar-refractivity contribution in [2.75, 3.05) is 4.90 Å². The summed E-state index contributed by atoms with van der Waals surface area (Å²) in [6.45, 7) is 2.92. The van der Waals surface area contributed by atoms with Crippen LogP contribution in [0.1, 0.15) is 27.3 Å². The number of carboxylic acid groups (broad SMARTS) is 1. The number of aromatic carboxylic acids is 1. The van der Waals surface area contributed by atoms with E-state index in [1.54, 1.807) is 19.1 Å². The minimum atomic E-state index is -0.934. The van der Waals surface area contributed by atoms with Crippen molar-refractivity contribution in [1.29, 1.82) is 0 Å². The maximum absolute atomic E-state index is 11.5. The van der Waals surface area contributed by atoms with Crippen LogP contribution in [-0.4, -0.2) is 21.0 Å². The number of benzene rings is 1. The molecule has 6 heteroatoms. The molecule has 0 saturated carbocycles. The van der Waals surface area contributed by atoms with Gasteiger partial charge < -0.3 is 15.0 Å². The molecule has 1 aliphatic heterocycles. The lowest BCUT2D eigenvalue weighted by Gasteiger charge is -2.16. The number of anilines is 1. The van der Waals surface area contributed by atoms with E-state index in [9.17, 15) is 9.59 Å². The second-order valence-electron chi connectivity index (χ2n) is 4.83. The number of aromatic amines is 1. The number of fused-ring (bicyclic) bond motifs is 1. The third-order valence-corrected chi connectivity index (χ3v) is 3.35. The number of carbonyl (C=O) groups is 1. The molecule has 0 unspecified atom stereocenters. The Morgan fingerprint density at radius 1 is 1.30 bits per heavy atom. The topological polar surface area (TPSA) is 86.3 Å². The average Bonchev–Trinajstić information content (AvgIpc) is 2.80. The lowest BCUT2D eigenvalue weighted by molar-refractivity contribution is 0.0697. The van der Waals surface area contributed by atoms with Crippen LogP contribution < -0.4 is 10.5 Å². The first-order valence-corrected chi connectivity index (χ1v) is 6.21. The number of hydrogen-bond donors (Lipinski definition) is 2. The molecule has 0 radical (unpaired) electrons. The highest BCUT2D eigenvalue weighted by atomic mass is 16.4. The van der Waals surface area contributed by atoms with Gasteiger partial charge in [-0.05, 0) is 30.2 Å². The molecule has 1 aromatic carbocycles. The summed E-state index contributed by atoms with van der Waals surface area (Å²) in [6, 6.07) is 6.55. The normalized spacial score (nSPS) is 13.3. The number of nitrogens with zero attached hydrogens (tertiary/aromatic N) is 2. The molecule has 6 nitrogen and oxygen atoms in total. The monoisotopic (exact) mass is 271 g/mol. The Morgan fingerprint density at radius 3 is 2.75 bits per heavy atom.